The van der Waals surface area contributed by atoms with E-state index in [1.54, 1.807) is 24.5 Å². The summed E-state index contributed by atoms with van der Waals surface area (Å²) in [6.45, 7) is 3.98. The predicted octanol–water partition coefficient (Wildman–Crippen LogP) is 3.86. The van der Waals surface area contributed by atoms with Crippen LogP contribution >= 0.6 is 23.4 Å². The molecule has 0 amide bonds. The van der Waals surface area contributed by atoms with Gasteiger partial charge in [0.1, 0.15) is 17.4 Å². The number of aromatic amines is 1. The van der Waals surface area contributed by atoms with Crippen LogP contribution in [0.25, 0.3) is 11.3 Å². The van der Waals surface area contributed by atoms with Gasteiger partial charge in [-0.3, -0.25) is 4.79 Å². The van der Waals surface area contributed by atoms with Gasteiger partial charge in [0.05, 0.1) is 16.8 Å². The molecule has 23 heavy (non-hydrogen) atoms. The Morgan fingerprint density at radius 3 is 2.83 bits per heavy atom. The van der Waals surface area contributed by atoms with Gasteiger partial charge in [-0.2, -0.15) is 5.26 Å². The van der Waals surface area contributed by atoms with Gasteiger partial charge in [-0.1, -0.05) is 30.3 Å². The fraction of sp³-hybridized carbons (Fsp3) is 0.312. The summed E-state index contributed by atoms with van der Waals surface area (Å²) in [5, 5.41) is 10.1. The lowest BCUT2D eigenvalue weighted by atomic mass is 10.1. The zero-order chi connectivity index (χ0) is 17.0. The van der Waals surface area contributed by atoms with Crippen molar-refractivity contribution in [2.45, 2.75) is 31.5 Å². The molecule has 1 unspecified atom stereocenters. The van der Waals surface area contributed by atoms with Crippen LogP contribution in [-0.2, 0) is 0 Å². The molecule has 1 aromatic heterocycles. The van der Waals surface area contributed by atoms with E-state index in [1.165, 1.54) is 11.8 Å². The number of nitrogens with zero attached hydrogens (tertiary/aromatic N) is 2. The summed E-state index contributed by atoms with van der Waals surface area (Å²) in [4.78, 5) is 18.9. The standard InChI is InChI=1S/C16H16ClN3O2S/c1-4-9(2)22-13-6-5-10(7-12(13)17)14-11(8-18)15(21)20-16(19-14)23-3/h5-7,9H,4H2,1-3H3,(H,19,20,21). The van der Waals surface area contributed by atoms with E-state index in [0.29, 0.717) is 27.2 Å². The van der Waals surface area contributed by atoms with Crippen LogP contribution in [0, 0.1) is 11.3 Å². The van der Waals surface area contributed by atoms with Gasteiger partial charge in [0.2, 0.25) is 0 Å². The lowest BCUT2D eigenvalue weighted by Crippen LogP contribution is -2.14. The van der Waals surface area contributed by atoms with E-state index in [9.17, 15) is 10.1 Å². The van der Waals surface area contributed by atoms with Crippen LogP contribution in [0.15, 0.2) is 28.2 Å². The summed E-state index contributed by atoms with van der Waals surface area (Å²) in [5.74, 6) is 0.568. The molecule has 7 heteroatoms. The number of hydrogen-bond acceptors (Lipinski definition) is 5. The molecule has 0 aliphatic heterocycles. The summed E-state index contributed by atoms with van der Waals surface area (Å²) in [7, 11) is 0. The van der Waals surface area contributed by atoms with Gasteiger partial charge in [0, 0.05) is 5.56 Å². The van der Waals surface area contributed by atoms with Crippen molar-refractivity contribution >= 4 is 23.4 Å². The van der Waals surface area contributed by atoms with Crippen molar-refractivity contribution in [2.24, 2.45) is 0 Å². The van der Waals surface area contributed by atoms with Crippen LogP contribution in [0.2, 0.25) is 5.02 Å². The second kappa shape index (κ2) is 7.53. The summed E-state index contributed by atoms with van der Waals surface area (Å²) < 4.78 is 5.72. The lowest BCUT2D eigenvalue weighted by molar-refractivity contribution is 0.217. The van der Waals surface area contributed by atoms with Gasteiger partial charge in [0.15, 0.2) is 5.16 Å². The molecule has 0 radical (unpaired) electrons. The second-order valence-electron chi connectivity index (χ2n) is 4.89. The van der Waals surface area contributed by atoms with Crippen molar-refractivity contribution in [1.29, 1.82) is 5.26 Å². The quantitative estimate of drug-likeness (QED) is 0.655. The molecular weight excluding hydrogens is 334 g/mol. The maximum Gasteiger partial charge on any atom is 0.270 e. The molecule has 0 saturated heterocycles. The Kier molecular flexibility index (Phi) is 5.69. The Morgan fingerprint density at radius 2 is 2.26 bits per heavy atom. The highest BCUT2D eigenvalue weighted by molar-refractivity contribution is 7.98. The fourth-order valence-corrected chi connectivity index (χ4v) is 2.51. The molecule has 0 saturated carbocycles. The molecule has 0 aliphatic rings. The number of thioether (sulfide) groups is 1. The highest BCUT2D eigenvalue weighted by Gasteiger charge is 2.15. The zero-order valence-corrected chi connectivity index (χ0v) is 14.6. The Bertz CT molecular complexity index is 814. The molecule has 0 bridgehead atoms. The van der Waals surface area contributed by atoms with Crippen molar-refractivity contribution in [3.05, 3.63) is 39.1 Å². The first-order valence-corrected chi connectivity index (χ1v) is 8.65. The van der Waals surface area contributed by atoms with Crippen LogP contribution < -0.4 is 10.3 Å². The van der Waals surface area contributed by atoms with Gasteiger partial charge in [-0.25, -0.2) is 4.98 Å². The molecule has 0 fully saturated rings. The molecule has 2 rings (SSSR count). The van der Waals surface area contributed by atoms with Crippen LogP contribution in [0.4, 0.5) is 0 Å². The molecule has 0 spiro atoms. The highest BCUT2D eigenvalue weighted by Crippen LogP contribution is 2.31. The number of hydrogen-bond donors (Lipinski definition) is 1. The van der Waals surface area contributed by atoms with Crippen LogP contribution in [0.5, 0.6) is 5.75 Å². The van der Waals surface area contributed by atoms with E-state index in [4.69, 9.17) is 16.3 Å². The molecule has 2 aromatic rings. The van der Waals surface area contributed by atoms with Gasteiger partial charge in [0.25, 0.3) is 5.56 Å². The minimum absolute atomic E-state index is 0.0329. The molecular formula is C16H16ClN3O2S. The summed E-state index contributed by atoms with van der Waals surface area (Å²) >= 11 is 7.56. The largest absolute Gasteiger partial charge is 0.489 e. The van der Waals surface area contributed by atoms with Crippen molar-refractivity contribution < 1.29 is 4.74 Å². The second-order valence-corrected chi connectivity index (χ2v) is 6.09. The van der Waals surface area contributed by atoms with Gasteiger partial charge >= 0.3 is 0 Å². The minimum atomic E-state index is -0.460. The molecule has 120 valence electrons. The van der Waals surface area contributed by atoms with E-state index < -0.39 is 5.56 Å². The average Bonchev–Trinajstić information content (AvgIpc) is 2.55. The number of nitrogens with one attached hydrogen (secondary N) is 1. The van der Waals surface area contributed by atoms with E-state index in [0.717, 1.165) is 6.42 Å². The number of nitriles is 1. The van der Waals surface area contributed by atoms with Crippen molar-refractivity contribution in [1.82, 2.24) is 9.97 Å². The Hall–Kier alpha value is -1.97. The Morgan fingerprint density at radius 1 is 1.52 bits per heavy atom. The van der Waals surface area contributed by atoms with Crippen molar-refractivity contribution in [2.75, 3.05) is 6.26 Å². The summed E-state index contributed by atoms with van der Waals surface area (Å²) in [6, 6.07) is 7.03. The fourth-order valence-electron chi connectivity index (χ4n) is 1.91. The Labute approximate surface area is 143 Å². The van der Waals surface area contributed by atoms with Crippen molar-refractivity contribution in [3.63, 3.8) is 0 Å². The zero-order valence-electron chi connectivity index (χ0n) is 13.0. The maximum atomic E-state index is 12.0. The minimum Gasteiger partial charge on any atom is -0.489 e. The monoisotopic (exact) mass is 349 g/mol. The molecule has 5 nitrogen and oxygen atoms in total. The summed E-state index contributed by atoms with van der Waals surface area (Å²) in [5.41, 5.74) is 0.425. The molecule has 0 aliphatic carbocycles. The van der Waals surface area contributed by atoms with E-state index in [1.807, 2.05) is 19.9 Å². The Balaban J connectivity index is 2.51. The number of benzene rings is 1. The van der Waals surface area contributed by atoms with Gasteiger partial charge in [-0.15, -0.1) is 0 Å². The summed E-state index contributed by atoms with van der Waals surface area (Å²) in [6.07, 6.45) is 2.71. The first kappa shape index (κ1) is 17.4. The van der Waals surface area contributed by atoms with Gasteiger partial charge < -0.3 is 9.72 Å². The molecule has 1 N–H and O–H groups in total. The van der Waals surface area contributed by atoms with E-state index in [2.05, 4.69) is 9.97 Å². The number of H-pyrrole nitrogens is 1. The predicted molar refractivity (Wildman–Crippen MR) is 92.2 cm³/mol. The number of rotatable bonds is 5. The van der Waals surface area contributed by atoms with E-state index >= 15 is 0 Å². The number of halogens is 1. The number of aromatic nitrogens is 2. The highest BCUT2D eigenvalue weighted by atomic mass is 35.5. The third-order valence-corrected chi connectivity index (χ3v) is 4.19. The maximum absolute atomic E-state index is 12.0. The third-order valence-electron chi connectivity index (χ3n) is 3.31. The van der Waals surface area contributed by atoms with Crippen molar-refractivity contribution in [3.8, 4) is 23.1 Å². The molecule has 1 aromatic carbocycles. The number of ether oxygens (including phenoxy) is 1. The first-order chi connectivity index (χ1) is 11.0. The lowest BCUT2D eigenvalue weighted by Gasteiger charge is -2.14. The average molecular weight is 350 g/mol. The van der Waals surface area contributed by atoms with Crippen LogP contribution in [0.3, 0.4) is 0 Å². The first-order valence-electron chi connectivity index (χ1n) is 7.05. The molecule has 1 atom stereocenters. The molecule has 1 heterocycles. The normalized spacial score (nSPS) is 11.8. The third kappa shape index (κ3) is 3.87. The van der Waals surface area contributed by atoms with Crippen LogP contribution in [0.1, 0.15) is 25.8 Å². The van der Waals surface area contributed by atoms with Crippen LogP contribution in [-0.4, -0.2) is 22.3 Å². The van der Waals surface area contributed by atoms with E-state index in [-0.39, 0.29) is 11.7 Å². The van der Waals surface area contributed by atoms with Gasteiger partial charge in [-0.05, 0) is 37.8 Å². The smallest absolute Gasteiger partial charge is 0.270 e. The topological polar surface area (TPSA) is 78.8 Å². The SMILES string of the molecule is CCC(C)Oc1ccc(-c2nc(SC)[nH]c(=O)c2C#N)cc1Cl.